The second kappa shape index (κ2) is 6.21. The average molecular weight is 335 g/mol. The van der Waals surface area contributed by atoms with Crippen LogP contribution in [0.4, 0.5) is 4.79 Å². The molecule has 0 aromatic rings. The van der Waals surface area contributed by atoms with Crippen LogP contribution in [0.3, 0.4) is 0 Å². The smallest absolute Gasteiger partial charge is 0.317 e. The number of piperidine rings is 1. The molecule has 3 heterocycles. The van der Waals surface area contributed by atoms with E-state index in [-0.39, 0.29) is 24.0 Å². The van der Waals surface area contributed by atoms with Crippen molar-refractivity contribution < 1.29 is 14.3 Å². The lowest BCUT2D eigenvalue weighted by Gasteiger charge is -2.44. The summed E-state index contributed by atoms with van der Waals surface area (Å²) in [6.07, 6.45) is 7.40. The second-order valence-electron chi connectivity index (χ2n) is 8.07. The lowest BCUT2D eigenvalue weighted by atomic mass is 9.66. The molecule has 4 rings (SSSR count). The van der Waals surface area contributed by atoms with Crippen molar-refractivity contribution in [3.05, 3.63) is 0 Å². The number of nitrogens with one attached hydrogen (secondary N) is 1. The van der Waals surface area contributed by atoms with Gasteiger partial charge in [0.2, 0.25) is 5.91 Å². The monoisotopic (exact) mass is 335 g/mol. The van der Waals surface area contributed by atoms with E-state index in [2.05, 4.69) is 5.32 Å². The minimum Gasteiger partial charge on any atom is -0.378 e. The van der Waals surface area contributed by atoms with Crippen molar-refractivity contribution in [2.75, 3.05) is 26.2 Å². The first-order valence-corrected chi connectivity index (χ1v) is 9.57. The highest BCUT2D eigenvalue weighted by Gasteiger charge is 2.50. The molecule has 1 spiro atoms. The zero-order valence-corrected chi connectivity index (χ0v) is 14.6. The van der Waals surface area contributed by atoms with Gasteiger partial charge < -0.3 is 19.9 Å². The van der Waals surface area contributed by atoms with Crippen LogP contribution in [-0.4, -0.2) is 66.2 Å². The van der Waals surface area contributed by atoms with Crippen molar-refractivity contribution in [2.45, 2.75) is 70.1 Å². The molecule has 6 nitrogen and oxygen atoms in total. The highest BCUT2D eigenvalue weighted by atomic mass is 16.5. The average Bonchev–Trinajstić information content (AvgIpc) is 3.11. The van der Waals surface area contributed by atoms with Crippen molar-refractivity contribution in [1.82, 2.24) is 15.1 Å². The van der Waals surface area contributed by atoms with Gasteiger partial charge in [-0.05, 0) is 50.9 Å². The Balaban J connectivity index is 1.30. The lowest BCUT2D eigenvalue weighted by molar-refractivity contribution is -0.129. The first-order chi connectivity index (χ1) is 11.6. The molecule has 2 unspecified atom stereocenters. The number of amides is 3. The molecule has 0 bridgehead atoms. The highest BCUT2D eigenvalue weighted by molar-refractivity contribution is 5.82. The van der Waals surface area contributed by atoms with Crippen molar-refractivity contribution in [3.8, 4) is 0 Å². The van der Waals surface area contributed by atoms with Crippen molar-refractivity contribution in [2.24, 2.45) is 5.41 Å². The molecule has 3 aliphatic heterocycles. The molecular weight excluding hydrogens is 306 g/mol. The van der Waals surface area contributed by atoms with E-state index in [1.807, 2.05) is 16.7 Å². The molecular formula is C18H29N3O3. The van der Waals surface area contributed by atoms with E-state index in [9.17, 15) is 9.59 Å². The van der Waals surface area contributed by atoms with Crippen molar-refractivity contribution >= 4 is 11.9 Å². The van der Waals surface area contributed by atoms with Crippen LogP contribution in [-0.2, 0) is 9.53 Å². The van der Waals surface area contributed by atoms with Crippen LogP contribution >= 0.6 is 0 Å². The number of hydrogen-bond donors (Lipinski definition) is 1. The topological polar surface area (TPSA) is 61.9 Å². The quantitative estimate of drug-likeness (QED) is 0.854. The van der Waals surface area contributed by atoms with Crippen LogP contribution in [0.15, 0.2) is 0 Å². The molecule has 1 aliphatic carbocycles. The summed E-state index contributed by atoms with van der Waals surface area (Å²) in [6.45, 7) is 5.36. The Kier molecular flexibility index (Phi) is 4.19. The molecule has 6 heteroatoms. The predicted molar refractivity (Wildman–Crippen MR) is 89.6 cm³/mol. The fourth-order valence-electron chi connectivity index (χ4n) is 5.23. The molecule has 1 saturated carbocycles. The van der Waals surface area contributed by atoms with Gasteiger partial charge in [-0.2, -0.15) is 0 Å². The maximum atomic E-state index is 12.7. The van der Waals surface area contributed by atoms with Gasteiger partial charge in [-0.1, -0.05) is 0 Å². The molecule has 4 aliphatic rings. The number of likely N-dealkylation sites (tertiary alicyclic amines) is 1. The second-order valence-corrected chi connectivity index (χ2v) is 8.07. The summed E-state index contributed by atoms with van der Waals surface area (Å²) in [4.78, 5) is 28.7. The fraction of sp³-hybridized carbons (Fsp3) is 0.889. The van der Waals surface area contributed by atoms with E-state index in [1.54, 1.807) is 0 Å². The van der Waals surface area contributed by atoms with Crippen molar-refractivity contribution in [3.63, 3.8) is 0 Å². The fourth-order valence-corrected chi connectivity index (χ4v) is 5.23. The van der Waals surface area contributed by atoms with Crippen molar-refractivity contribution in [1.29, 1.82) is 0 Å². The van der Waals surface area contributed by atoms with Gasteiger partial charge in [0.05, 0.1) is 18.2 Å². The van der Waals surface area contributed by atoms with Crippen LogP contribution in [0.1, 0.15) is 51.9 Å². The number of carbonyl (C=O) groups is 2. The summed E-state index contributed by atoms with van der Waals surface area (Å²) in [5, 5.41) is 3.17. The third-order valence-electron chi connectivity index (χ3n) is 6.49. The van der Waals surface area contributed by atoms with Gasteiger partial charge in [-0.3, -0.25) is 4.79 Å². The number of nitrogens with zero attached hydrogens (tertiary/aromatic N) is 2. The molecule has 0 aromatic carbocycles. The van der Waals surface area contributed by atoms with Gasteiger partial charge >= 0.3 is 6.03 Å². The molecule has 24 heavy (non-hydrogen) atoms. The Morgan fingerprint density at radius 1 is 1.33 bits per heavy atom. The Hall–Kier alpha value is -1.30. The first kappa shape index (κ1) is 16.2. The zero-order chi connectivity index (χ0) is 16.7. The van der Waals surface area contributed by atoms with E-state index >= 15 is 0 Å². The normalized spacial score (nSPS) is 38.4. The minimum absolute atomic E-state index is 0.000543. The van der Waals surface area contributed by atoms with E-state index in [1.165, 1.54) is 0 Å². The maximum Gasteiger partial charge on any atom is 0.317 e. The summed E-state index contributed by atoms with van der Waals surface area (Å²) >= 11 is 0. The molecule has 2 atom stereocenters. The van der Waals surface area contributed by atoms with Gasteiger partial charge in [0.1, 0.15) is 0 Å². The SMILES string of the molecule is CCOC1CC2(CCN(C(=O)NC3CC(=O)N4CCCCC34)C2)C1. The van der Waals surface area contributed by atoms with Gasteiger partial charge in [-0.25, -0.2) is 4.79 Å². The highest BCUT2D eigenvalue weighted by Crippen LogP contribution is 2.49. The summed E-state index contributed by atoms with van der Waals surface area (Å²) in [5.74, 6) is 0.210. The predicted octanol–water partition coefficient (Wildman–Crippen LogP) is 1.74. The van der Waals surface area contributed by atoms with Gasteiger partial charge in [-0.15, -0.1) is 0 Å². The molecule has 3 amide bonds. The number of hydrogen-bond acceptors (Lipinski definition) is 3. The standard InChI is InChI=1S/C18H29N3O3/c1-2-24-13-10-18(11-13)6-8-20(12-18)17(23)19-14-9-16(22)21-7-4-3-5-15(14)21/h13-15H,2-12H2,1H3,(H,19,23). The number of ether oxygens (including phenoxy) is 1. The third kappa shape index (κ3) is 2.79. The maximum absolute atomic E-state index is 12.7. The molecule has 3 saturated heterocycles. The van der Waals surface area contributed by atoms with Crippen LogP contribution in [0.5, 0.6) is 0 Å². The van der Waals surface area contributed by atoms with E-state index < -0.39 is 0 Å². The summed E-state index contributed by atoms with van der Waals surface area (Å²) < 4.78 is 5.68. The van der Waals surface area contributed by atoms with Crippen LogP contribution in [0.25, 0.3) is 0 Å². The number of rotatable bonds is 3. The van der Waals surface area contributed by atoms with Gasteiger partial charge in [0.15, 0.2) is 0 Å². The molecule has 0 radical (unpaired) electrons. The van der Waals surface area contributed by atoms with E-state index in [4.69, 9.17) is 4.74 Å². The number of urea groups is 1. The zero-order valence-electron chi connectivity index (χ0n) is 14.6. The Labute approximate surface area is 143 Å². The van der Waals surface area contributed by atoms with E-state index in [0.29, 0.717) is 17.9 Å². The van der Waals surface area contributed by atoms with Gasteiger partial charge in [0, 0.05) is 32.7 Å². The molecule has 134 valence electrons. The molecule has 0 aromatic heterocycles. The largest absolute Gasteiger partial charge is 0.378 e. The summed E-state index contributed by atoms with van der Waals surface area (Å²) in [7, 11) is 0. The Morgan fingerprint density at radius 2 is 2.17 bits per heavy atom. The van der Waals surface area contributed by atoms with E-state index in [0.717, 1.165) is 64.8 Å². The van der Waals surface area contributed by atoms with Crippen LogP contribution in [0, 0.1) is 5.41 Å². The minimum atomic E-state index is -0.000543. The number of carbonyl (C=O) groups excluding carboxylic acids is 2. The number of fused-ring (bicyclic) bond motifs is 1. The molecule has 4 fully saturated rings. The van der Waals surface area contributed by atoms with Gasteiger partial charge in [0.25, 0.3) is 0 Å². The summed E-state index contributed by atoms with van der Waals surface area (Å²) in [6, 6.07) is 0.245. The van der Waals surface area contributed by atoms with Crippen LogP contribution < -0.4 is 5.32 Å². The third-order valence-corrected chi connectivity index (χ3v) is 6.49. The Morgan fingerprint density at radius 3 is 2.96 bits per heavy atom. The Bertz CT molecular complexity index is 518. The first-order valence-electron chi connectivity index (χ1n) is 9.57. The lowest BCUT2D eigenvalue weighted by Crippen LogP contribution is -2.51. The molecule has 1 N–H and O–H groups in total. The van der Waals surface area contributed by atoms with Crippen LogP contribution in [0.2, 0.25) is 0 Å². The summed E-state index contributed by atoms with van der Waals surface area (Å²) in [5.41, 5.74) is 0.291.